The zero-order chi connectivity index (χ0) is 19.5. The van der Waals surface area contributed by atoms with Gasteiger partial charge in [0.1, 0.15) is 0 Å². The number of hydrogen-bond donors (Lipinski definition) is 1. The van der Waals surface area contributed by atoms with Gasteiger partial charge in [-0.2, -0.15) is 0 Å². The lowest BCUT2D eigenvalue weighted by atomic mass is 9.96. The van der Waals surface area contributed by atoms with Crippen LogP contribution in [0.2, 0.25) is 0 Å². The summed E-state index contributed by atoms with van der Waals surface area (Å²) < 4.78 is 10.7. The first kappa shape index (κ1) is 18.7. The number of nitrogens with one attached hydrogen (secondary N) is 1. The number of piperidine rings is 1. The second-order valence-electron chi connectivity index (χ2n) is 7.60. The Morgan fingerprint density at radius 1 is 1.14 bits per heavy atom. The number of aromatic nitrogens is 1. The van der Waals surface area contributed by atoms with Gasteiger partial charge in [0.25, 0.3) is 5.91 Å². The van der Waals surface area contributed by atoms with E-state index in [1.807, 2.05) is 24.5 Å². The Bertz CT molecular complexity index is 813. The Morgan fingerprint density at radius 3 is 2.57 bits per heavy atom. The molecule has 2 bridgehead atoms. The van der Waals surface area contributed by atoms with Crippen LogP contribution in [0.4, 0.5) is 0 Å². The standard InChI is InChI=1S/C22H27N3O3/c1-27-20-7-3-6-19(21(20)28-2)22(26)24-16-11-17-8-9-18(12-16)25(17)14-15-5-4-10-23-13-15/h3-7,10,13,16-18H,8-9,11-12,14H2,1-2H3,(H,24,26)/t16?,17-,18+. The SMILES string of the molecule is COc1cccc(C(=O)NC2C[C@H]3CC[C@@H](C2)N3Cc2cccnc2)c1OC. The minimum Gasteiger partial charge on any atom is -0.493 e. The van der Waals surface area contributed by atoms with Crippen molar-refractivity contribution in [3.8, 4) is 11.5 Å². The molecule has 3 heterocycles. The number of pyridine rings is 1. The minimum atomic E-state index is -0.0964. The van der Waals surface area contributed by atoms with Crippen LogP contribution in [0.15, 0.2) is 42.7 Å². The van der Waals surface area contributed by atoms with Gasteiger partial charge in [-0.1, -0.05) is 12.1 Å². The average molecular weight is 381 g/mol. The Morgan fingerprint density at radius 2 is 1.93 bits per heavy atom. The van der Waals surface area contributed by atoms with Crippen molar-refractivity contribution in [1.82, 2.24) is 15.2 Å². The number of carbonyl (C=O) groups is 1. The highest BCUT2D eigenvalue weighted by atomic mass is 16.5. The number of methoxy groups -OCH3 is 2. The fourth-order valence-corrected chi connectivity index (χ4v) is 4.68. The number of benzene rings is 1. The molecule has 1 unspecified atom stereocenters. The summed E-state index contributed by atoms with van der Waals surface area (Å²) in [6.07, 6.45) is 8.11. The molecule has 2 aliphatic rings. The Labute approximate surface area is 165 Å². The van der Waals surface area contributed by atoms with Gasteiger partial charge in [0.2, 0.25) is 0 Å². The van der Waals surface area contributed by atoms with Crippen molar-refractivity contribution in [2.24, 2.45) is 0 Å². The van der Waals surface area contributed by atoms with E-state index in [1.54, 1.807) is 26.4 Å². The van der Waals surface area contributed by atoms with E-state index in [-0.39, 0.29) is 11.9 Å². The highest BCUT2D eigenvalue weighted by Crippen LogP contribution is 2.37. The molecule has 148 valence electrons. The van der Waals surface area contributed by atoms with Gasteiger partial charge < -0.3 is 14.8 Å². The number of amides is 1. The third-order valence-electron chi connectivity index (χ3n) is 5.96. The number of fused-ring (bicyclic) bond motifs is 2. The maximum atomic E-state index is 12.9. The van der Waals surface area contributed by atoms with E-state index < -0.39 is 0 Å². The van der Waals surface area contributed by atoms with E-state index in [0.717, 1.165) is 19.4 Å². The molecular formula is C22H27N3O3. The van der Waals surface area contributed by atoms with Crippen molar-refractivity contribution in [3.05, 3.63) is 53.9 Å². The molecule has 1 N–H and O–H groups in total. The van der Waals surface area contributed by atoms with Crippen molar-refractivity contribution >= 4 is 5.91 Å². The van der Waals surface area contributed by atoms with E-state index in [4.69, 9.17) is 9.47 Å². The van der Waals surface area contributed by atoms with Crippen LogP contribution in [0.25, 0.3) is 0 Å². The molecule has 0 spiro atoms. The monoisotopic (exact) mass is 381 g/mol. The molecule has 1 amide bonds. The molecule has 6 nitrogen and oxygen atoms in total. The number of carbonyl (C=O) groups excluding carboxylic acids is 1. The van der Waals surface area contributed by atoms with Gasteiger partial charge in [-0.15, -0.1) is 0 Å². The van der Waals surface area contributed by atoms with Crippen molar-refractivity contribution in [1.29, 1.82) is 0 Å². The third-order valence-corrected chi connectivity index (χ3v) is 5.96. The number of nitrogens with zero attached hydrogens (tertiary/aromatic N) is 2. The molecule has 4 rings (SSSR count). The van der Waals surface area contributed by atoms with Crippen LogP contribution in [-0.4, -0.2) is 48.1 Å². The maximum Gasteiger partial charge on any atom is 0.255 e. The topological polar surface area (TPSA) is 63.7 Å². The molecule has 2 aliphatic heterocycles. The van der Waals surface area contributed by atoms with Gasteiger partial charge >= 0.3 is 0 Å². The van der Waals surface area contributed by atoms with Gasteiger partial charge in [0.15, 0.2) is 11.5 Å². The van der Waals surface area contributed by atoms with Gasteiger partial charge in [0.05, 0.1) is 19.8 Å². The smallest absolute Gasteiger partial charge is 0.255 e. The lowest BCUT2D eigenvalue weighted by Crippen LogP contribution is -2.50. The van der Waals surface area contributed by atoms with Gasteiger partial charge in [-0.3, -0.25) is 14.7 Å². The fraction of sp³-hybridized carbons (Fsp3) is 0.455. The van der Waals surface area contributed by atoms with Crippen molar-refractivity contribution in [2.45, 2.75) is 50.4 Å². The summed E-state index contributed by atoms with van der Waals surface area (Å²) in [7, 11) is 3.14. The minimum absolute atomic E-state index is 0.0964. The normalized spacial score (nSPS) is 24.0. The highest BCUT2D eigenvalue weighted by molar-refractivity contribution is 5.98. The van der Waals surface area contributed by atoms with Crippen LogP contribution in [0.3, 0.4) is 0 Å². The lowest BCUT2D eigenvalue weighted by Gasteiger charge is -2.39. The first-order valence-corrected chi connectivity index (χ1v) is 9.86. The summed E-state index contributed by atoms with van der Waals surface area (Å²) in [5, 5.41) is 3.23. The quantitative estimate of drug-likeness (QED) is 0.833. The zero-order valence-corrected chi connectivity index (χ0v) is 16.4. The van der Waals surface area contributed by atoms with Gasteiger partial charge in [-0.05, 0) is 49.4 Å². The molecule has 2 aromatic rings. The predicted molar refractivity (Wildman–Crippen MR) is 107 cm³/mol. The van der Waals surface area contributed by atoms with Crippen LogP contribution in [0, 0.1) is 0 Å². The summed E-state index contributed by atoms with van der Waals surface area (Å²) >= 11 is 0. The van der Waals surface area contributed by atoms with Crippen molar-refractivity contribution in [3.63, 3.8) is 0 Å². The number of ether oxygens (including phenoxy) is 2. The van der Waals surface area contributed by atoms with E-state index in [0.29, 0.717) is 29.1 Å². The highest BCUT2D eigenvalue weighted by Gasteiger charge is 2.41. The Kier molecular flexibility index (Phi) is 5.48. The van der Waals surface area contributed by atoms with Crippen LogP contribution in [-0.2, 0) is 6.54 Å². The molecule has 0 saturated carbocycles. The molecule has 0 aliphatic carbocycles. The molecule has 1 aromatic carbocycles. The summed E-state index contributed by atoms with van der Waals surface area (Å²) in [5.74, 6) is 0.960. The molecule has 6 heteroatoms. The molecule has 2 fully saturated rings. The van der Waals surface area contributed by atoms with Crippen molar-refractivity contribution in [2.75, 3.05) is 14.2 Å². The molecule has 3 atom stereocenters. The molecule has 1 aromatic heterocycles. The summed E-state index contributed by atoms with van der Waals surface area (Å²) in [4.78, 5) is 19.7. The maximum absolute atomic E-state index is 12.9. The average Bonchev–Trinajstić information content (AvgIpc) is 2.96. The second-order valence-corrected chi connectivity index (χ2v) is 7.60. The fourth-order valence-electron chi connectivity index (χ4n) is 4.68. The van der Waals surface area contributed by atoms with Crippen molar-refractivity contribution < 1.29 is 14.3 Å². The largest absolute Gasteiger partial charge is 0.493 e. The summed E-state index contributed by atoms with van der Waals surface area (Å²) in [6.45, 7) is 0.938. The molecule has 2 saturated heterocycles. The Hall–Kier alpha value is -2.60. The summed E-state index contributed by atoms with van der Waals surface area (Å²) in [5.41, 5.74) is 1.77. The number of rotatable bonds is 6. The number of para-hydroxylation sites is 1. The van der Waals surface area contributed by atoms with Crippen LogP contribution >= 0.6 is 0 Å². The first-order chi connectivity index (χ1) is 13.7. The van der Waals surface area contributed by atoms with Crippen LogP contribution in [0.1, 0.15) is 41.6 Å². The van der Waals surface area contributed by atoms with E-state index in [9.17, 15) is 4.79 Å². The zero-order valence-electron chi connectivity index (χ0n) is 16.4. The molecule has 0 radical (unpaired) electrons. The van der Waals surface area contributed by atoms with Crippen LogP contribution in [0.5, 0.6) is 11.5 Å². The summed E-state index contributed by atoms with van der Waals surface area (Å²) in [6, 6.07) is 10.7. The van der Waals surface area contributed by atoms with E-state index in [1.165, 1.54) is 18.4 Å². The van der Waals surface area contributed by atoms with Crippen LogP contribution < -0.4 is 14.8 Å². The Balaban J connectivity index is 1.42. The number of hydrogen-bond acceptors (Lipinski definition) is 5. The van der Waals surface area contributed by atoms with E-state index >= 15 is 0 Å². The van der Waals surface area contributed by atoms with E-state index in [2.05, 4.69) is 21.3 Å². The molecular weight excluding hydrogens is 354 g/mol. The third kappa shape index (κ3) is 3.69. The predicted octanol–water partition coefficient (Wildman–Crippen LogP) is 3.02. The second kappa shape index (κ2) is 8.19. The van der Waals surface area contributed by atoms with Gasteiger partial charge in [0, 0.05) is 37.1 Å². The first-order valence-electron chi connectivity index (χ1n) is 9.86. The lowest BCUT2D eigenvalue weighted by molar-refractivity contribution is 0.0824. The molecule has 28 heavy (non-hydrogen) atoms. The van der Waals surface area contributed by atoms with Gasteiger partial charge in [-0.25, -0.2) is 0 Å².